The smallest absolute Gasteiger partial charge is 0.0962 e. The van der Waals surface area contributed by atoms with Crippen molar-refractivity contribution >= 4 is 11.3 Å². The van der Waals surface area contributed by atoms with Crippen LogP contribution in [-0.4, -0.2) is 11.5 Å². The van der Waals surface area contributed by atoms with Crippen molar-refractivity contribution in [2.24, 2.45) is 5.92 Å². The molecule has 0 radical (unpaired) electrons. The van der Waals surface area contributed by atoms with Gasteiger partial charge >= 0.3 is 0 Å². The average molecular weight is 309 g/mol. The van der Waals surface area contributed by atoms with Crippen LogP contribution in [0.5, 0.6) is 0 Å². The molecule has 1 aromatic heterocycles. The number of hydrogen-bond acceptors (Lipinski definition) is 3. The summed E-state index contributed by atoms with van der Waals surface area (Å²) in [5, 5.41) is 5.01. The first kappa shape index (κ1) is 17.0. The van der Waals surface area contributed by atoms with Gasteiger partial charge in [-0.05, 0) is 58.4 Å². The molecule has 1 fully saturated rings. The zero-order valence-corrected chi connectivity index (χ0v) is 15.1. The van der Waals surface area contributed by atoms with Gasteiger partial charge in [0.2, 0.25) is 0 Å². The van der Waals surface area contributed by atoms with E-state index in [0.29, 0.717) is 6.04 Å². The van der Waals surface area contributed by atoms with Crippen LogP contribution in [0.4, 0.5) is 0 Å². The van der Waals surface area contributed by atoms with Crippen molar-refractivity contribution < 1.29 is 0 Å². The molecule has 1 heterocycles. The van der Waals surface area contributed by atoms with Crippen molar-refractivity contribution in [3.05, 3.63) is 15.6 Å². The quantitative estimate of drug-likeness (QED) is 0.710. The molecule has 1 aromatic rings. The van der Waals surface area contributed by atoms with Crippen molar-refractivity contribution in [2.45, 2.75) is 84.6 Å². The second-order valence-electron chi connectivity index (χ2n) is 6.68. The molecule has 0 spiro atoms. The Labute approximate surface area is 134 Å². The minimum atomic E-state index is 0.452. The number of nitrogens with one attached hydrogen (secondary N) is 1. The van der Waals surface area contributed by atoms with Gasteiger partial charge in [0.1, 0.15) is 0 Å². The normalized spacial score (nSPS) is 24.2. The van der Waals surface area contributed by atoms with E-state index < -0.39 is 0 Å². The van der Waals surface area contributed by atoms with Crippen molar-refractivity contribution in [1.29, 1.82) is 0 Å². The molecule has 2 rings (SSSR count). The second kappa shape index (κ2) is 8.28. The van der Waals surface area contributed by atoms with Crippen molar-refractivity contribution in [3.8, 4) is 0 Å². The summed E-state index contributed by atoms with van der Waals surface area (Å²) in [6.45, 7) is 10.1. The molecule has 1 N–H and O–H groups in total. The Morgan fingerprint density at radius 3 is 2.52 bits per heavy atom. The van der Waals surface area contributed by atoms with Gasteiger partial charge in [0.25, 0.3) is 0 Å². The molecular formula is C18H32N2S. The van der Waals surface area contributed by atoms with Crippen LogP contribution in [0.2, 0.25) is 0 Å². The summed E-state index contributed by atoms with van der Waals surface area (Å²) in [5.74, 6) is 1.71. The molecule has 1 saturated carbocycles. The van der Waals surface area contributed by atoms with Gasteiger partial charge in [0, 0.05) is 16.8 Å². The Balaban J connectivity index is 1.96. The van der Waals surface area contributed by atoms with Gasteiger partial charge in [-0.25, -0.2) is 4.98 Å². The first-order valence-corrected chi connectivity index (χ1v) is 9.67. The van der Waals surface area contributed by atoms with E-state index in [4.69, 9.17) is 4.98 Å². The topological polar surface area (TPSA) is 24.9 Å². The predicted molar refractivity (Wildman–Crippen MR) is 93.2 cm³/mol. The summed E-state index contributed by atoms with van der Waals surface area (Å²) >= 11 is 1.97. The minimum absolute atomic E-state index is 0.452. The largest absolute Gasteiger partial charge is 0.309 e. The number of thiazole rings is 1. The van der Waals surface area contributed by atoms with Crippen molar-refractivity contribution in [2.75, 3.05) is 6.54 Å². The predicted octanol–water partition coefficient (Wildman–Crippen LogP) is 5.59. The SMILES string of the molecule is CCCNC(C)c1sc(C2CCC(CCC)CC2)nc1C. The maximum atomic E-state index is 4.91. The highest BCUT2D eigenvalue weighted by Crippen LogP contribution is 2.40. The standard InChI is InChI=1S/C18H32N2S/c1-5-7-15-8-10-16(11-9-15)18-20-14(4)17(21-18)13(3)19-12-6-2/h13,15-16,19H,5-12H2,1-4H3. The zero-order valence-electron chi connectivity index (χ0n) is 14.2. The molecule has 2 nitrogen and oxygen atoms in total. The highest BCUT2D eigenvalue weighted by molar-refractivity contribution is 7.11. The Kier molecular flexibility index (Phi) is 6.69. The van der Waals surface area contributed by atoms with Gasteiger partial charge in [-0.2, -0.15) is 0 Å². The van der Waals surface area contributed by atoms with E-state index in [1.807, 2.05) is 11.3 Å². The molecule has 0 aromatic carbocycles. The minimum Gasteiger partial charge on any atom is -0.309 e. The van der Waals surface area contributed by atoms with Gasteiger partial charge < -0.3 is 5.32 Å². The summed E-state index contributed by atoms with van der Waals surface area (Å²) in [4.78, 5) is 6.37. The van der Waals surface area contributed by atoms with Crippen molar-refractivity contribution in [1.82, 2.24) is 10.3 Å². The van der Waals surface area contributed by atoms with E-state index in [9.17, 15) is 0 Å². The summed E-state index contributed by atoms with van der Waals surface area (Å²) in [5.41, 5.74) is 1.25. The molecule has 1 atom stereocenters. The van der Waals surface area contributed by atoms with Gasteiger partial charge in [-0.15, -0.1) is 11.3 Å². The molecule has 3 heteroatoms. The lowest BCUT2D eigenvalue weighted by atomic mass is 9.80. The number of rotatable bonds is 7. The molecule has 120 valence electrons. The zero-order chi connectivity index (χ0) is 15.2. The van der Waals surface area contributed by atoms with E-state index in [1.54, 1.807) is 0 Å². The van der Waals surface area contributed by atoms with Crippen LogP contribution in [0.3, 0.4) is 0 Å². The number of hydrogen-bond donors (Lipinski definition) is 1. The molecular weight excluding hydrogens is 276 g/mol. The van der Waals surface area contributed by atoms with Crippen molar-refractivity contribution in [3.63, 3.8) is 0 Å². The first-order chi connectivity index (χ1) is 10.2. The number of aryl methyl sites for hydroxylation is 1. The summed E-state index contributed by atoms with van der Waals surface area (Å²) in [6, 6.07) is 0.452. The highest BCUT2D eigenvalue weighted by atomic mass is 32.1. The van der Waals surface area contributed by atoms with Gasteiger partial charge in [-0.3, -0.25) is 0 Å². The monoisotopic (exact) mass is 308 g/mol. The molecule has 0 saturated heterocycles. The third kappa shape index (κ3) is 4.53. The van der Waals surface area contributed by atoms with Gasteiger partial charge in [-0.1, -0.05) is 26.7 Å². The molecule has 1 aliphatic rings. The van der Waals surface area contributed by atoms with E-state index >= 15 is 0 Å². The third-order valence-electron chi connectivity index (χ3n) is 4.84. The Morgan fingerprint density at radius 2 is 1.90 bits per heavy atom. The Hall–Kier alpha value is -0.410. The van der Waals surface area contributed by atoms with Crippen LogP contribution >= 0.6 is 11.3 Å². The van der Waals surface area contributed by atoms with E-state index in [2.05, 4.69) is 33.0 Å². The van der Waals surface area contributed by atoms with E-state index in [0.717, 1.165) is 18.4 Å². The number of nitrogens with zero attached hydrogens (tertiary/aromatic N) is 1. The highest BCUT2D eigenvalue weighted by Gasteiger charge is 2.25. The molecule has 21 heavy (non-hydrogen) atoms. The van der Waals surface area contributed by atoms with E-state index in [1.165, 1.54) is 60.5 Å². The maximum absolute atomic E-state index is 4.91. The van der Waals surface area contributed by atoms with Gasteiger partial charge in [0.05, 0.1) is 10.7 Å². The first-order valence-electron chi connectivity index (χ1n) is 8.86. The third-order valence-corrected chi connectivity index (χ3v) is 6.34. The van der Waals surface area contributed by atoms with Crippen LogP contribution in [-0.2, 0) is 0 Å². The maximum Gasteiger partial charge on any atom is 0.0962 e. The molecule has 1 aliphatic carbocycles. The average Bonchev–Trinajstić information content (AvgIpc) is 2.88. The second-order valence-corrected chi connectivity index (χ2v) is 7.75. The Bertz CT molecular complexity index is 419. The van der Waals surface area contributed by atoms with Crippen LogP contribution in [0, 0.1) is 12.8 Å². The lowest BCUT2D eigenvalue weighted by molar-refractivity contribution is 0.308. The fraction of sp³-hybridized carbons (Fsp3) is 0.833. The van der Waals surface area contributed by atoms with Crippen LogP contribution in [0.15, 0.2) is 0 Å². The lowest BCUT2D eigenvalue weighted by Crippen LogP contribution is -2.18. The fourth-order valence-electron chi connectivity index (χ4n) is 3.57. The van der Waals surface area contributed by atoms with E-state index in [-0.39, 0.29) is 0 Å². The van der Waals surface area contributed by atoms with Crippen LogP contribution < -0.4 is 5.32 Å². The molecule has 0 aliphatic heterocycles. The summed E-state index contributed by atoms with van der Waals surface area (Å²) in [6.07, 6.45) is 9.49. The summed E-state index contributed by atoms with van der Waals surface area (Å²) < 4.78 is 0. The van der Waals surface area contributed by atoms with Crippen LogP contribution in [0.25, 0.3) is 0 Å². The van der Waals surface area contributed by atoms with Crippen LogP contribution in [0.1, 0.15) is 93.3 Å². The Morgan fingerprint density at radius 1 is 1.19 bits per heavy atom. The molecule has 0 amide bonds. The van der Waals surface area contributed by atoms with Gasteiger partial charge in [0.15, 0.2) is 0 Å². The molecule has 0 bridgehead atoms. The summed E-state index contributed by atoms with van der Waals surface area (Å²) in [7, 11) is 0. The fourth-order valence-corrected chi connectivity index (χ4v) is 4.83. The lowest BCUT2D eigenvalue weighted by Gasteiger charge is -2.27. The number of aromatic nitrogens is 1. The molecule has 1 unspecified atom stereocenters.